The number of aromatic nitrogens is 2. The van der Waals surface area contributed by atoms with Gasteiger partial charge in [0.2, 0.25) is 5.91 Å². The van der Waals surface area contributed by atoms with Gasteiger partial charge in [0.25, 0.3) is 5.91 Å². The zero-order valence-corrected chi connectivity index (χ0v) is 11.6. The maximum atomic E-state index is 12.2. The summed E-state index contributed by atoms with van der Waals surface area (Å²) in [6.07, 6.45) is 5.70. The third kappa shape index (κ3) is 2.96. The fourth-order valence-corrected chi connectivity index (χ4v) is 2.12. The largest absolute Gasteiger partial charge is 0.366 e. The van der Waals surface area contributed by atoms with Crippen LogP contribution >= 0.6 is 0 Å². The van der Waals surface area contributed by atoms with Crippen molar-refractivity contribution in [2.24, 2.45) is 5.73 Å². The van der Waals surface area contributed by atoms with Gasteiger partial charge in [-0.15, -0.1) is 0 Å². The number of rotatable bonds is 4. The lowest BCUT2D eigenvalue weighted by atomic mass is 10.0. The Kier molecular flexibility index (Phi) is 4.02. The number of nitrogens with two attached hydrogens (primary N) is 1. The van der Waals surface area contributed by atoms with Gasteiger partial charge in [0, 0.05) is 12.1 Å². The molecule has 1 aromatic heterocycles. The van der Waals surface area contributed by atoms with Crippen molar-refractivity contribution in [3.05, 3.63) is 41.3 Å². The summed E-state index contributed by atoms with van der Waals surface area (Å²) in [6, 6.07) is 1.63. The van der Waals surface area contributed by atoms with Crippen LogP contribution in [-0.2, 0) is 11.3 Å². The number of amides is 2. The maximum absolute atomic E-state index is 12.2. The van der Waals surface area contributed by atoms with Gasteiger partial charge < -0.3 is 11.1 Å². The Morgan fingerprint density at radius 2 is 2.30 bits per heavy atom. The van der Waals surface area contributed by atoms with Crippen molar-refractivity contribution in [3.63, 3.8) is 0 Å². The first kappa shape index (κ1) is 14.0. The van der Waals surface area contributed by atoms with Crippen molar-refractivity contribution in [1.82, 2.24) is 15.1 Å². The molecule has 1 unspecified atom stereocenters. The van der Waals surface area contributed by atoms with Crippen molar-refractivity contribution >= 4 is 11.8 Å². The topological polar surface area (TPSA) is 90.0 Å². The Morgan fingerprint density at radius 1 is 1.55 bits per heavy atom. The highest BCUT2D eigenvalue weighted by molar-refractivity contribution is 5.95. The SMILES string of the molecule is CCn1nc(C)cc1C(=O)NC1C=CC(C(N)=O)=CC1. The highest BCUT2D eigenvalue weighted by Gasteiger charge is 2.18. The van der Waals surface area contributed by atoms with Crippen LogP contribution in [0.2, 0.25) is 0 Å². The molecule has 0 spiro atoms. The molecule has 2 amide bonds. The Bertz CT molecular complexity index is 598. The van der Waals surface area contributed by atoms with Crippen LogP contribution in [-0.4, -0.2) is 27.6 Å². The standard InChI is InChI=1S/C14H18N4O2/c1-3-18-12(8-9(2)17-18)14(20)16-11-6-4-10(5-7-11)13(15)19/h4-6,8,11H,3,7H2,1-2H3,(H2,15,19)(H,16,20). The second-order valence-corrected chi connectivity index (χ2v) is 4.69. The minimum absolute atomic E-state index is 0.133. The van der Waals surface area contributed by atoms with E-state index in [1.165, 1.54) is 0 Å². The van der Waals surface area contributed by atoms with E-state index < -0.39 is 5.91 Å². The van der Waals surface area contributed by atoms with E-state index in [0.717, 1.165) is 5.69 Å². The third-order valence-electron chi connectivity index (χ3n) is 3.14. The van der Waals surface area contributed by atoms with E-state index >= 15 is 0 Å². The van der Waals surface area contributed by atoms with E-state index in [-0.39, 0.29) is 11.9 Å². The number of nitrogens with zero attached hydrogens (tertiary/aromatic N) is 2. The lowest BCUT2D eigenvalue weighted by Gasteiger charge is -2.17. The number of hydrogen-bond acceptors (Lipinski definition) is 3. The smallest absolute Gasteiger partial charge is 0.270 e. The van der Waals surface area contributed by atoms with Crippen LogP contribution in [0.25, 0.3) is 0 Å². The first-order valence-electron chi connectivity index (χ1n) is 6.54. The second-order valence-electron chi connectivity index (χ2n) is 4.69. The molecule has 20 heavy (non-hydrogen) atoms. The molecule has 3 N–H and O–H groups in total. The molecular weight excluding hydrogens is 256 g/mol. The minimum Gasteiger partial charge on any atom is -0.366 e. The number of carbonyl (C=O) groups is 2. The zero-order chi connectivity index (χ0) is 14.7. The number of hydrogen-bond donors (Lipinski definition) is 2. The summed E-state index contributed by atoms with van der Waals surface area (Å²) in [4.78, 5) is 23.2. The van der Waals surface area contributed by atoms with Crippen LogP contribution < -0.4 is 11.1 Å². The van der Waals surface area contributed by atoms with Gasteiger partial charge in [0.1, 0.15) is 5.69 Å². The Labute approximate surface area is 117 Å². The molecule has 0 aromatic carbocycles. The lowest BCUT2D eigenvalue weighted by Crippen LogP contribution is -2.35. The molecule has 0 saturated heterocycles. The van der Waals surface area contributed by atoms with Crippen molar-refractivity contribution in [2.45, 2.75) is 32.9 Å². The van der Waals surface area contributed by atoms with Crippen LogP contribution in [0.4, 0.5) is 0 Å². The number of carbonyl (C=O) groups excluding carboxylic acids is 2. The molecule has 1 aliphatic rings. The van der Waals surface area contributed by atoms with Gasteiger partial charge in [0.05, 0.1) is 11.7 Å². The van der Waals surface area contributed by atoms with E-state index in [0.29, 0.717) is 24.2 Å². The van der Waals surface area contributed by atoms with Gasteiger partial charge in [-0.25, -0.2) is 0 Å². The average molecular weight is 274 g/mol. The Hall–Kier alpha value is -2.37. The average Bonchev–Trinajstić information content (AvgIpc) is 2.80. The van der Waals surface area contributed by atoms with Crippen molar-refractivity contribution in [2.75, 3.05) is 0 Å². The number of primary amides is 1. The normalized spacial score (nSPS) is 17.7. The number of nitrogens with one attached hydrogen (secondary N) is 1. The minimum atomic E-state index is -0.453. The fraction of sp³-hybridized carbons (Fsp3) is 0.357. The van der Waals surface area contributed by atoms with E-state index in [9.17, 15) is 9.59 Å². The van der Waals surface area contributed by atoms with E-state index in [2.05, 4.69) is 10.4 Å². The Balaban J connectivity index is 2.03. The molecule has 0 aliphatic heterocycles. The summed E-state index contributed by atoms with van der Waals surface area (Å²) in [7, 11) is 0. The summed E-state index contributed by atoms with van der Waals surface area (Å²) < 4.78 is 1.67. The van der Waals surface area contributed by atoms with Gasteiger partial charge in [-0.1, -0.05) is 18.2 Å². The van der Waals surface area contributed by atoms with Gasteiger partial charge in [-0.05, 0) is 26.3 Å². The van der Waals surface area contributed by atoms with Gasteiger partial charge in [-0.2, -0.15) is 5.10 Å². The van der Waals surface area contributed by atoms with Crippen molar-refractivity contribution in [3.8, 4) is 0 Å². The van der Waals surface area contributed by atoms with Crippen LogP contribution in [0.15, 0.2) is 29.9 Å². The highest BCUT2D eigenvalue weighted by Crippen LogP contribution is 2.11. The van der Waals surface area contributed by atoms with Crippen LogP contribution in [0.1, 0.15) is 29.5 Å². The maximum Gasteiger partial charge on any atom is 0.270 e. The summed E-state index contributed by atoms with van der Waals surface area (Å²) in [5.41, 5.74) is 7.02. The predicted molar refractivity (Wildman–Crippen MR) is 74.9 cm³/mol. The molecule has 106 valence electrons. The highest BCUT2D eigenvalue weighted by atomic mass is 16.2. The second kappa shape index (κ2) is 5.73. The molecule has 0 bridgehead atoms. The number of aryl methyl sites for hydroxylation is 2. The lowest BCUT2D eigenvalue weighted by molar-refractivity contribution is -0.114. The molecular formula is C14H18N4O2. The monoisotopic (exact) mass is 274 g/mol. The van der Waals surface area contributed by atoms with Gasteiger partial charge in [0.15, 0.2) is 0 Å². The molecule has 1 atom stereocenters. The quantitative estimate of drug-likeness (QED) is 0.846. The molecule has 6 nitrogen and oxygen atoms in total. The first-order chi connectivity index (χ1) is 9.51. The Morgan fingerprint density at radius 3 is 2.85 bits per heavy atom. The molecule has 1 heterocycles. The van der Waals surface area contributed by atoms with Crippen LogP contribution in [0.3, 0.4) is 0 Å². The first-order valence-corrected chi connectivity index (χ1v) is 6.54. The van der Waals surface area contributed by atoms with Crippen molar-refractivity contribution in [1.29, 1.82) is 0 Å². The fourth-order valence-electron chi connectivity index (χ4n) is 2.12. The van der Waals surface area contributed by atoms with Gasteiger partial charge in [-0.3, -0.25) is 14.3 Å². The molecule has 1 aliphatic carbocycles. The van der Waals surface area contributed by atoms with Crippen LogP contribution in [0, 0.1) is 6.92 Å². The van der Waals surface area contributed by atoms with E-state index in [1.54, 1.807) is 29.0 Å². The molecule has 1 aromatic rings. The van der Waals surface area contributed by atoms with Crippen LogP contribution in [0.5, 0.6) is 0 Å². The zero-order valence-electron chi connectivity index (χ0n) is 11.6. The predicted octanol–water partition coefficient (Wildman–Crippen LogP) is 0.681. The summed E-state index contributed by atoms with van der Waals surface area (Å²) >= 11 is 0. The summed E-state index contributed by atoms with van der Waals surface area (Å²) in [5.74, 6) is -0.622. The summed E-state index contributed by atoms with van der Waals surface area (Å²) in [5, 5.41) is 7.14. The molecule has 0 saturated carbocycles. The third-order valence-corrected chi connectivity index (χ3v) is 3.14. The molecule has 0 radical (unpaired) electrons. The van der Waals surface area contributed by atoms with E-state index in [1.807, 2.05) is 13.8 Å². The summed E-state index contributed by atoms with van der Waals surface area (Å²) in [6.45, 7) is 4.43. The van der Waals surface area contributed by atoms with Crippen molar-refractivity contribution < 1.29 is 9.59 Å². The molecule has 6 heteroatoms. The molecule has 2 rings (SSSR count). The molecule has 0 fully saturated rings. The van der Waals surface area contributed by atoms with E-state index in [4.69, 9.17) is 5.73 Å². The van der Waals surface area contributed by atoms with Gasteiger partial charge >= 0.3 is 0 Å².